The number of hydrogen-bond acceptors (Lipinski definition) is 7. The summed E-state index contributed by atoms with van der Waals surface area (Å²) in [6, 6.07) is 8.45. The molecule has 0 bridgehead atoms. The highest BCUT2D eigenvalue weighted by Crippen LogP contribution is 2.06. The zero-order valence-corrected chi connectivity index (χ0v) is 31.0. The summed E-state index contributed by atoms with van der Waals surface area (Å²) in [7, 11) is 0. The highest BCUT2D eigenvalue weighted by atomic mass is 16.5. The molecule has 0 saturated carbocycles. The van der Waals surface area contributed by atoms with Gasteiger partial charge in [-0.25, -0.2) is 9.48 Å². The maximum absolute atomic E-state index is 11.1. The van der Waals surface area contributed by atoms with Gasteiger partial charge in [0.25, 0.3) is 0 Å². The average molecular weight is 666 g/mol. The van der Waals surface area contributed by atoms with Gasteiger partial charge in [0.2, 0.25) is 0 Å². The van der Waals surface area contributed by atoms with Crippen molar-refractivity contribution in [2.45, 2.75) is 87.3 Å². The van der Waals surface area contributed by atoms with E-state index >= 15 is 0 Å². The van der Waals surface area contributed by atoms with E-state index in [4.69, 9.17) is 18.9 Å². The van der Waals surface area contributed by atoms with Crippen molar-refractivity contribution in [1.82, 2.24) is 15.0 Å². The van der Waals surface area contributed by atoms with Crippen molar-refractivity contribution in [2.75, 3.05) is 26.4 Å². The topological polar surface area (TPSA) is 84.7 Å². The molecule has 2 rings (SSSR count). The lowest BCUT2D eigenvalue weighted by Gasteiger charge is -2.05. The minimum Gasteiger partial charge on any atom is -0.494 e. The van der Waals surface area contributed by atoms with Crippen molar-refractivity contribution in [2.24, 2.45) is 0 Å². The molecule has 0 unspecified atom stereocenters. The number of allylic oxidation sites excluding steroid dienone is 3. The molecule has 0 amide bonds. The standard InChI is InChI=1S/C11H17N3O3.C10H12.C8H14O.C7H12O.C4H8/c1-4-16-6-5-14-7-10(12-13-14)8-17-11(15)9(2)3;1-3-9-5-7-10(4-2)8-6-9;1-5-6-9-8(4)7(2)3;1-4-6-8-7(3)5-2;1-3-4-2/h7H,2,4-6,8H2,1,3H3;3,5-8H,1,4H2,2H3;2,4-6H2,1,3H3;5H,2-4,6H2,1H3;3H,1,4H2,2H3. The van der Waals surface area contributed by atoms with Crippen LogP contribution in [0.3, 0.4) is 0 Å². The van der Waals surface area contributed by atoms with E-state index in [1.54, 1.807) is 23.9 Å². The van der Waals surface area contributed by atoms with Crippen molar-refractivity contribution in [3.63, 3.8) is 0 Å². The summed E-state index contributed by atoms with van der Waals surface area (Å²) < 4.78 is 22.0. The number of esters is 1. The molecule has 8 nitrogen and oxygen atoms in total. The Morgan fingerprint density at radius 1 is 0.833 bits per heavy atom. The lowest BCUT2D eigenvalue weighted by molar-refractivity contribution is -0.140. The van der Waals surface area contributed by atoms with Gasteiger partial charge in [0.15, 0.2) is 0 Å². The van der Waals surface area contributed by atoms with Gasteiger partial charge in [-0.3, -0.25) is 0 Å². The van der Waals surface area contributed by atoms with E-state index in [1.165, 1.54) is 11.1 Å². The van der Waals surface area contributed by atoms with Crippen LogP contribution in [-0.2, 0) is 43.3 Å². The normalized spacial score (nSPS) is 9.06. The SMILES string of the molecule is C=C(C)C(=C)OCCC.C=C(C)C(=O)OCc1cn(CCOCC)nn1.C=CC(=C)OCCC.C=CCC.C=Cc1ccc(CC)cc1. The molecular formula is C40H63N3O5. The predicted molar refractivity (Wildman–Crippen MR) is 203 cm³/mol. The molecule has 0 aliphatic rings. The first kappa shape index (κ1) is 48.0. The van der Waals surface area contributed by atoms with Crippen LogP contribution in [0.2, 0.25) is 0 Å². The Labute approximate surface area is 292 Å². The summed E-state index contributed by atoms with van der Waals surface area (Å²) in [6.45, 7) is 42.3. The quantitative estimate of drug-likeness (QED) is 0.0391. The van der Waals surface area contributed by atoms with E-state index in [2.05, 4.69) is 108 Å². The second-order valence-electron chi connectivity index (χ2n) is 10.1. The van der Waals surface area contributed by atoms with Crippen LogP contribution in [0.5, 0.6) is 0 Å². The third kappa shape index (κ3) is 30.2. The molecule has 0 spiro atoms. The lowest BCUT2D eigenvalue weighted by Crippen LogP contribution is -2.06. The molecule has 8 heteroatoms. The van der Waals surface area contributed by atoms with Crippen LogP contribution in [0.4, 0.5) is 0 Å². The number of ether oxygens (including phenoxy) is 4. The van der Waals surface area contributed by atoms with Gasteiger partial charge in [0.05, 0.1) is 32.6 Å². The van der Waals surface area contributed by atoms with Crippen molar-refractivity contribution >= 4 is 12.0 Å². The molecule has 0 aliphatic heterocycles. The maximum Gasteiger partial charge on any atom is 0.333 e. The number of carbonyl (C=O) groups excluding carboxylic acids is 1. The molecule has 2 aromatic rings. The maximum atomic E-state index is 11.1. The molecule has 48 heavy (non-hydrogen) atoms. The van der Waals surface area contributed by atoms with Gasteiger partial charge in [-0.05, 0) is 69.2 Å². The fraction of sp³-hybridized carbons (Fsp3) is 0.425. The molecule has 1 heterocycles. The molecule has 0 saturated heterocycles. The monoisotopic (exact) mass is 665 g/mol. The van der Waals surface area contributed by atoms with Crippen LogP contribution < -0.4 is 0 Å². The molecular weight excluding hydrogens is 602 g/mol. The highest BCUT2D eigenvalue weighted by molar-refractivity contribution is 5.86. The summed E-state index contributed by atoms with van der Waals surface area (Å²) in [4.78, 5) is 11.1. The Morgan fingerprint density at radius 2 is 1.42 bits per heavy atom. The van der Waals surface area contributed by atoms with Crippen molar-refractivity contribution in [1.29, 1.82) is 0 Å². The molecule has 0 radical (unpaired) electrons. The fourth-order valence-electron chi connectivity index (χ4n) is 2.61. The molecule has 0 aliphatic carbocycles. The second kappa shape index (κ2) is 33.9. The Morgan fingerprint density at radius 3 is 1.85 bits per heavy atom. The summed E-state index contributed by atoms with van der Waals surface area (Å²) >= 11 is 0. The number of aryl methyl sites for hydroxylation is 1. The second-order valence-corrected chi connectivity index (χ2v) is 10.1. The van der Waals surface area contributed by atoms with Crippen molar-refractivity contribution < 1.29 is 23.7 Å². The van der Waals surface area contributed by atoms with Crippen LogP contribution in [-0.4, -0.2) is 47.4 Å². The smallest absolute Gasteiger partial charge is 0.333 e. The van der Waals surface area contributed by atoms with Gasteiger partial charge in [-0.15, -0.1) is 11.7 Å². The number of carbonyl (C=O) groups is 1. The van der Waals surface area contributed by atoms with E-state index in [-0.39, 0.29) is 6.61 Å². The Balaban J connectivity index is -0.000000567. The summed E-state index contributed by atoms with van der Waals surface area (Å²) in [5, 5.41) is 7.76. The number of rotatable bonds is 18. The van der Waals surface area contributed by atoms with Gasteiger partial charge in [-0.1, -0.05) is 109 Å². The molecule has 1 aromatic heterocycles. The largest absolute Gasteiger partial charge is 0.494 e. The third-order valence-electron chi connectivity index (χ3n) is 5.54. The Hall–Kier alpha value is -4.43. The van der Waals surface area contributed by atoms with Crippen LogP contribution in [0.1, 0.15) is 84.5 Å². The summed E-state index contributed by atoms with van der Waals surface area (Å²) in [5.74, 6) is 0.942. The first-order valence-corrected chi connectivity index (χ1v) is 16.4. The first-order valence-electron chi connectivity index (χ1n) is 16.4. The molecule has 268 valence electrons. The number of benzene rings is 1. The fourth-order valence-corrected chi connectivity index (χ4v) is 2.61. The summed E-state index contributed by atoms with van der Waals surface area (Å²) in [6.07, 6.45) is 11.3. The van der Waals surface area contributed by atoms with Crippen LogP contribution in [0, 0.1) is 0 Å². The van der Waals surface area contributed by atoms with Crippen LogP contribution in [0.15, 0.2) is 111 Å². The number of aromatic nitrogens is 3. The molecule has 1 aromatic carbocycles. The van der Waals surface area contributed by atoms with Crippen molar-refractivity contribution in [3.05, 3.63) is 128 Å². The van der Waals surface area contributed by atoms with Gasteiger partial charge < -0.3 is 18.9 Å². The average Bonchev–Trinajstić information content (AvgIpc) is 3.56. The van der Waals surface area contributed by atoms with Crippen LogP contribution >= 0.6 is 0 Å². The predicted octanol–water partition coefficient (Wildman–Crippen LogP) is 10.0. The molecule has 0 N–H and O–H groups in total. The van der Waals surface area contributed by atoms with E-state index < -0.39 is 5.97 Å². The van der Waals surface area contributed by atoms with E-state index in [0.29, 0.717) is 42.5 Å². The van der Waals surface area contributed by atoms with Gasteiger partial charge in [0.1, 0.15) is 23.8 Å². The van der Waals surface area contributed by atoms with Gasteiger partial charge in [-0.2, -0.15) is 0 Å². The van der Waals surface area contributed by atoms with E-state index in [9.17, 15) is 4.79 Å². The zero-order valence-electron chi connectivity index (χ0n) is 31.0. The van der Waals surface area contributed by atoms with Gasteiger partial charge >= 0.3 is 5.97 Å². The van der Waals surface area contributed by atoms with Gasteiger partial charge in [0, 0.05) is 12.2 Å². The third-order valence-corrected chi connectivity index (χ3v) is 5.54. The minimum absolute atomic E-state index is 0.111. The Kier molecular flexibility index (Phi) is 33.9. The van der Waals surface area contributed by atoms with Crippen molar-refractivity contribution in [3.8, 4) is 0 Å². The zero-order chi connectivity index (χ0) is 37.2. The number of hydrogen-bond donors (Lipinski definition) is 0. The highest BCUT2D eigenvalue weighted by Gasteiger charge is 2.06. The van der Waals surface area contributed by atoms with Crippen LogP contribution in [0.25, 0.3) is 6.08 Å². The first-order chi connectivity index (χ1) is 22.9. The van der Waals surface area contributed by atoms with E-state index in [1.807, 2.05) is 26.0 Å². The lowest BCUT2D eigenvalue weighted by atomic mass is 10.1. The minimum atomic E-state index is -0.422. The van der Waals surface area contributed by atoms with E-state index in [0.717, 1.165) is 44.5 Å². The number of nitrogens with zero attached hydrogens (tertiary/aromatic N) is 3. The summed E-state index contributed by atoms with van der Waals surface area (Å²) in [5.41, 5.74) is 4.45. The Bertz CT molecular complexity index is 1200. The molecule has 0 atom stereocenters. The molecule has 0 fully saturated rings.